The van der Waals surface area contributed by atoms with Crippen molar-refractivity contribution in [3.63, 3.8) is 0 Å². The average Bonchev–Trinajstić information content (AvgIpc) is 2.35. The number of rotatable bonds is 9. The third kappa shape index (κ3) is 6.34. The Morgan fingerprint density at radius 2 is 1.95 bits per heavy atom. The topological polar surface area (TPSA) is 55.4 Å². The highest BCUT2D eigenvalue weighted by Crippen LogP contribution is 2.16. The Bertz CT molecular complexity index is 517. The SMILES string of the molecule is CCCS(=O)(=O)CCOc1cc(F)cc(CNCC)c1. The molecule has 1 N–H and O–H groups in total. The van der Waals surface area contributed by atoms with E-state index >= 15 is 0 Å². The number of nitrogens with one attached hydrogen (secondary N) is 1. The summed E-state index contributed by atoms with van der Waals surface area (Å²) in [4.78, 5) is 0. The van der Waals surface area contributed by atoms with Gasteiger partial charge in [-0.2, -0.15) is 0 Å². The molecule has 1 rings (SSSR count). The molecule has 0 fully saturated rings. The fraction of sp³-hybridized carbons (Fsp3) is 0.571. The van der Waals surface area contributed by atoms with Crippen LogP contribution in [-0.2, 0) is 16.4 Å². The molecular weight excluding hydrogens is 281 g/mol. The fourth-order valence-corrected chi connectivity index (χ4v) is 2.94. The molecule has 0 aliphatic rings. The van der Waals surface area contributed by atoms with Crippen LogP contribution in [0.4, 0.5) is 4.39 Å². The van der Waals surface area contributed by atoms with Gasteiger partial charge < -0.3 is 10.1 Å². The quantitative estimate of drug-likeness (QED) is 0.759. The van der Waals surface area contributed by atoms with Crippen LogP contribution in [0.3, 0.4) is 0 Å². The number of hydrogen-bond acceptors (Lipinski definition) is 4. The van der Waals surface area contributed by atoms with Gasteiger partial charge in [0.15, 0.2) is 9.84 Å². The molecule has 0 aliphatic carbocycles. The number of benzene rings is 1. The molecule has 1 aromatic rings. The molecule has 0 radical (unpaired) electrons. The molecule has 0 amide bonds. The second-order valence-corrected chi connectivity index (χ2v) is 6.88. The highest BCUT2D eigenvalue weighted by molar-refractivity contribution is 7.91. The van der Waals surface area contributed by atoms with Gasteiger partial charge >= 0.3 is 0 Å². The van der Waals surface area contributed by atoms with Crippen LogP contribution in [0.25, 0.3) is 0 Å². The van der Waals surface area contributed by atoms with Gasteiger partial charge in [-0.15, -0.1) is 0 Å². The molecule has 0 aromatic heterocycles. The van der Waals surface area contributed by atoms with E-state index in [1.165, 1.54) is 12.1 Å². The van der Waals surface area contributed by atoms with Gasteiger partial charge in [-0.25, -0.2) is 12.8 Å². The van der Waals surface area contributed by atoms with E-state index in [2.05, 4.69) is 5.32 Å². The van der Waals surface area contributed by atoms with Crippen molar-refractivity contribution in [3.8, 4) is 5.75 Å². The van der Waals surface area contributed by atoms with Crippen LogP contribution in [-0.4, -0.2) is 33.1 Å². The minimum atomic E-state index is -3.07. The maximum atomic E-state index is 13.4. The van der Waals surface area contributed by atoms with E-state index in [0.717, 1.165) is 12.1 Å². The van der Waals surface area contributed by atoms with Crippen molar-refractivity contribution in [2.45, 2.75) is 26.8 Å². The lowest BCUT2D eigenvalue weighted by molar-refractivity contribution is 0.338. The first-order valence-electron chi connectivity index (χ1n) is 6.80. The van der Waals surface area contributed by atoms with E-state index in [4.69, 9.17) is 4.74 Å². The smallest absolute Gasteiger partial charge is 0.153 e. The fourth-order valence-electron chi connectivity index (χ4n) is 1.78. The highest BCUT2D eigenvalue weighted by Gasteiger charge is 2.10. The van der Waals surface area contributed by atoms with E-state index in [9.17, 15) is 12.8 Å². The van der Waals surface area contributed by atoms with E-state index in [-0.39, 0.29) is 23.9 Å². The molecule has 1 aromatic carbocycles. The van der Waals surface area contributed by atoms with Crippen molar-refractivity contribution in [2.75, 3.05) is 24.7 Å². The van der Waals surface area contributed by atoms with Crippen LogP contribution in [0.5, 0.6) is 5.75 Å². The minimum absolute atomic E-state index is 0.0418. The first-order chi connectivity index (χ1) is 9.46. The van der Waals surface area contributed by atoms with Crippen molar-refractivity contribution in [3.05, 3.63) is 29.6 Å². The zero-order valence-electron chi connectivity index (χ0n) is 12.0. The molecule has 114 valence electrons. The molecule has 0 saturated heterocycles. The molecule has 0 heterocycles. The summed E-state index contributed by atoms with van der Waals surface area (Å²) in [7, 11) is -3.07. The normalized spacial score (nSPS) is 11.6. The van der Waals surface area contributed by atoms with Crippen LogP contribution in [0, 0.1) is 5.82 Å². The molecule has 4 nitrogen and oxygen atoms in total. The summed E-state index contributed by atoms with van der Waals surface area (Å²) in [5.41, 5.74) is 0.776. The Hall–Kier alpha value is -1.14. The summed E-state index contributed by atoms with van der Waals surface area (Å²) in [6, 6.07) is 4.42. The van der Waals surface area contributed by atoms with Gasteiger partial charge in [0.05, 0.1) is 11.5 Å². The lowest BCUT2D eigenvalue weighted by Gasteiger charge is -2.09. The first kappa shape index (κ1) is 16.9. The van der Waals surface area contributed by atoms with Crippen LogP contribution in [0.2, 0.25) is 0 Å². The summed E-state index contributed by atoms with van der Waals surface area (Å²) in [6.45, 7) is 5.18. The van der Waals surface area contributed by atoms with Crippen molar-refractivity contribution in [1.82, 2.24) is 5.32 Å². The van der Waals surface area contributed by atoms with Crippen LogP contribution >= 0.6 is 0 Å². The average molecular weight is 303 g/mol. The standard InChI is InChI=1S/C14H22FNO3S/c1-3-6-20(17,18)7-5-19-14-9-12(11-16-4-2)8-13(15)10-14/h8-10,16H,3-7,11H2,1-2H3. The summed E-state index contributed by atoms with van der Waals surface area (Å²) < 4.78 is 41.8. The van der Waals surface area contributed by atoms with Gasteiger partial charge in [-0.05, 0) is 30.7 Å². The van der Waals surface area contributed by atoms with Crippen LogP contribution in [0.1, 0.15) is 25.8 Å². The van der Waals surface area contributed by atoms with E-state index < -0.39 is 9.84 Å². The van der Waals surface area contributed by atoms with E-state index in [1.54, 1.807) is 6.07 Å². The molecule has 0 bridgehead atoms. The lowest BCUT2D eigenvalue weighted by Crippen LogP contribution is -2.17. The molecule has 20 heavy (non-hydrogen) atoms. The van der Waals surface area contributed by atoms with Crippen molar-refractivity contribution < 1.29 is 17.5 Å². The minimum Gasteiger partial charge on any atom is -0.492 e. The monoisotopic (exact) mass is 303 g/mol. The maximum absolute atomic E-state index is 13.4. The second kappa shape index (κ2) is 8.21. The number of sulfone groups is 1. The largest absolute Gasteiger partial charge is 0.492 e. The lowest BCUT2D eigenvalue weighted by atomic mass is 10.2. The van der Waals surface area contributed by atoms with Crippen LogP contribution < -0.4 is 10.1 Å². The summed E-state index contributed by atoms with van der Waals surface area (Å²) in [5, 5.41) is 3.10. The summed E-state index contributed by atoms with van der Waals surface area (Å²) in [5.74, 6) is 0.0989. The predicted octanol–water partition coefficient (Wildman–Crippen LogP) is 2.14. The summed E-state index contributed by atoms with van der Waals surface area (Å²) >= 11 is 0. The molecule has 6 heteroatoms. The van der Waals surface area contributed by atoms with Crippen molar-refractivity contribution >= 4 is 9.84 Å². The molecule has 0 atom stereocenters. The zero-order valence-corrected chi connectivity index (χ0v) is 12.8. The van der Waals surface area contributed by atoms with Gasteiger partial charge in [0.25, 0.3) is 0 Å². The molecule has 0 aliphatic heterocycles. The summed E-state index contributed by atoms with van der Waals surface area (Å²) in [6.07, 6.45) is 0.592. The maximum Gasteiger partial charge on any atom is 0.153 e. The van der Waals surface area contributed by atoms with Gasteiger partial charge in [0.2, 0.25) is 0 Å². The highest BCUT2D eigenvalue weighted by atomic mass is 32.2. The Morgan fingerprint density at radius 3 is 2.60 bits per heavy atom. The Labute approximate surface area is 120 Å². The van der Waals surface area contributed by atoms with Gasteiger partial charge in [-0.1, -0.05) is 13.8 Å². The van der Waals surface area contributed by atoms with E-state index in [0.29, 0.717) is 18.7 Å². The van der Waals surface area contributed by atoms with Gasteiger partial charge in [0, 0.05) is 12.6 Å². The first-order valence-corrected chi connectivity index (χ1v) is 8.62. The third-order valence-electron chi connectivity index (χ3n) is 2.69. The molecule has 0 saturated carbocycles. The number of hydrogen-bond donors (Lipinski definition) is 1. The number of halogens is 1. The van der Waals surface area contributed by atoms with Crippen molar-refractivity contribution in [1.29, 1.82) is 0 Å². The second-order valence-electron chi connectivity index (χ2n) is 4.58. The van der Waals surface area contributed by atoms with Gasteiger partial charge in [0.1, 0.15) is 18.2 Å². The molecule has 0 spiro atoms. The Kier molecular flexibility index (Phi) is 6.95. The number of ether oxygens (including phenoxy) is 1. The zero-order chi connectivity index (χ0) is 15.0. The molecular formula is C14H22FNO3S. The third-order valence-corrected chi connectivity index (χ3v) is 4.51. The molecule has 0 unspecified atom stereocenters. The van der Waals surface area contributed by atoms with Crippen molar-refractivity contribution in [2.24, 2.45) is 0 Å². The van der Waals surface area contributed by atoms with Gasteiger partial charge in [-0.3, -0.25) is 0 Å². The van der Waals surface area contributed by atoms with E-state index in [1.807, 2.05) is 13.8 Å². The predicted molar refractivity (Wildman–Crippen MR) is 78.2 cm³/mol. The Balaban J connectivity index is 2.57. The van der Waals surface area contributed by atoms with Crippen LogP contribution in [0.15, 0.2) is 18.2 Å². The Morgan fingerprint density at radius 1 is 1.20 bits per heavy atom.